The number of rotatable bonds is 7. The van der Waals surface area contributed by atoms with Crippen molar-refractivity contribution in [2.75, 3.05) is 19.5 Å². The quantitative estimate of drug-likeness (QED) is 0.596. The fraction of sp³-hybridized carbons (Fsp3) is 0.238. The van der Waals surface area contributed by atoms with Gasteiger partial charge in [-0.25, -0.2) is 8.42 Å². The second-order valence-electron chi connectivity index (χ2n) is 6.98. The molecule has 3 aromatic rings. The number of aromatic nitrogens is 2. The van der Waals surface area contributed by atoms with Crippen molar-refractivity contribution in [1.29, 1.82) is 0 Å². The van der Waals surface area contributed by atoms with E-state index in [2.05, 4.69) is 5.10 Å². The lowest BCUT2D eigenvalue weighted by Gasteiger charge is -2.15. The molecule has 0 saturated heterocycles. The Bertz CT molecular complexity index is 1210. The third-order valence-electron chi connectivity index (χ3n) is 4.40. The Kier molecular flexibility index (Phi) is 6.60. The maximum absolute atomic E-state index is 13.2. The van der Waals surface area contributed by atoms with Gasteiger partial charge in [-0.2, -0.15) is 9.78 Å². The zero-order valence-electron chi connectivity index (χ0n) is 16.4. The zero-order chi connectivity index (χ0) is 21.9. The lowest BCUT2D eigenvalue weighted by atomic mass is 10.1. The molecule has 0 bridgehead atoms. The van der Waals surface area contributed by atoms with Gasteiger partial charge in [0.05, 0.1) is 23.4 Å². The molecule has 30 heavy (non-hydrogen) atoms. The number of aliphatic hydroxyl groups excluding tert-OH is 1. The molecule has 0 radical (unpaired) electrons. The van der Waals surface area contributed by atoms with E-state index >= 15 is 0 Å². The maximum Gasteiger partial charge on any atom is 0.314 e. The number of nitrogens with zero attached hydrogens (tertiary/aromatic N) is 2. The molecule has 1 N–H and O–H groups in total. The minimum atomic E-state index is -3.34. The number of benzene rings is 2. The van der Waals surface area contributed by atoms with Crippen molar-refractivity contribution in [1.82, 2.24) is 9.78 Å². The summed E-state index contributed by atoms with van der Waals surface area (Å²) in [6.45, 7) is 1.82. The first-order valence-electron chi connectivity index (χ1n) is 9.13. The standard InChI is InChI=1S/C21H21ClN2O5S/c1-14(12-25)13-29-20-19(15-6-8-18(9-7-15)30(2,27)28)11-23-24(21(20)26)17-5-3-4-16(22)10-17/h3-11,14,25H,12-13H2,1-2H3/t14-/m1/s1. The molecule has 0 amide bonds. The third kappa shape index (κ3) is 4.89. The van der Waals surface area contributed by atoms with E-state index in [1.165, 1.54) is 23.0 Å². The number of hydrogen-bond acceptors (Lipinski definition) is 6. The van der Waals surface area contributed by atoms with E-state index in [4.69, 9.17) is 16.3 Å². The molecular formula is C21H21ClN2O5S. The normalized spacial score (nSPS) is 12.5. The first-order chi connectivity index (χ1) is 14.2. The largest absolute Gasteiger partial charge is 0.487 e. The number of aliphatic hydroxyl groups is 1. The topological polar surface area (TPSA) is 98.5 Å². The molecule has 0 spiro atoms. The second-order valence-corrected chi connectivity index (χ2v) is 9.43. The van der Waals surface area contributed by atoms with Gasteiger partial charge in [-0.15, -0.1) is 0 Å². The van der Waals surface area contributed by atoms with Gasteiger partial charge in [0.15, 0.2) is 15.6 Å². The van der Waals surface area contributed by atoms with Gasteiger partial charge in [-0.05, 0) is 35.9 Å². The monoisotopic (exact) mass is 448 g/mol. The summed E-state index contributed by atoms with van der Waals surface area (Å²) in [4.78, 5) is 13.3. The van der Waals surface area contributed by atoms with Gasteiger partial charge in [-0.1, -0.05) is 36.7 Å². The minimum Gasteiger partial charge on any atom is -0.487 e. The van der Waals surface area contributed by atoms with Crippen LogP contribution in [0.1, 0.15) is 6.92 Å². The van der Waals surface area contributed by atoms with Crippen molar-refractivity contribution in [2.24, 2.45) is 5.92 Å². The van der Waals surface area contributed by atoms with Gasteiger partial charge >= 0.3 is 5.56 Å². The number of sulfone groups is 1. The SMILES string of the molecule is C[C@H](CO)COc1c(-c2ccc(S(C)(=O)=O)cc2)cnn(-c2cccc(Cl)c2)c1=O. The predicted molar refractivity (Wildman–Crippen MR) is 115 cm³/mol. The van der Waals surface area contributed by atoms with Crippen LogP contribution in [0.15, 0.2) is 64.4 Å². The molecule has 1 aromatic heterocycles. The Morgan fingerprint density at radius 2 is 1.90 bits per heavy atom. The van der Waals surface area contributed by atoms with E-state index in [-0.39, 0.29) is 29.8 Å². The van der Waals surface area contributed by atoms with Crippen LogP contribution in [0.25, 0.3) is 16.8 Å². The molecule has 7 nitrogen and oxygen atoms in total. The van der Waals surface area contributed by atoms with Crippen LogP contribution in [-0.2, 0) is 9.84 Å². The first kappa shape index (κ1) is 22.0. The fourth-order valence-corrected chi connectivity index (χ4v) is 3.55. The Balaban J connectivity index is 2.12. The van der Waals surface area contributed by atoms with Crippen molar-refractivity contribution in [3.8, 4) is 22.6 Å². The highest BCUT2D eigenvalue weighted by Crippen LogP contribution is 2.28. The molecule has 0 fully saturated rings. The van der Waals surface area contributed by atoms with Crippen molar-refractivity contribution < 1.29 is 18.3 Å². The summed E-state index contributed by atoms with van der Waals surface area (Å²) in [6.07, 6.45) is 2.61. The Morgan fingerprint density at radius 3 is 2.50 bits per heavy atom. The van der Waals surface area contributed by atoms with Gasteiger partial charge in [-0.3, -0.25) is 4.79 Å². The summed E-state index contributed by atoms with van der Waals surface area (Å²) < 4.78 is 30.4. The van der Waals surface area contributed by atoms with E-state index in [0.29, 0.717) is 21.8 Å². The lowest BCUT2D eigenvalue weighted by Crippen LogP contribution is -2.25. The van der Waals surface area contributed by atoms with Crippen LogP contribution >= 0.6 is 11.6 Å². The van der Waals surface area contributed by atoms with Gasteiger partial charge in [0.2, 0.25) is 0 Å². The van der Waals surface area contributed by atoms with E-state index in [1.807, 2.05) is 0 Å². The number of hydrogen-bond donors (Lipinski definition) is 1. The van der Waals surface area contributed by atoms with Gasteiger partial charge < -0.3 is 9.84 Å². The Labute approximate surface area is 179 Å². The third-order valence-corrected chi connectivity index (χ3v) is 5.77. The van der Waals surface area contributed by atoms with E-state index < -0.39 is 15.4 Å². The summed E-state index contributed by atoms with van der Waals surface area (Å²) in [5.74, 6) is -0.130. The molecular weight excluding hydrogens is 428 g/mol. The number of ether oxygens (including phenoxy) is 1. The van der Waals surface area contributed by atoms with Gasteiger partial charge in [0.25, 0.3) is 0 Å². The predicted octanol–water partition coefficient (Wildman–Crippen LogP) is 2.96. The van der Waals surface area contributed by atoms with Crippen LogP contribution in [0.4, 0.5) is 0 Å². The molecule has 0 aliphatic heterocycles. The number of halogens is 1. The first-order valence-corrected chi connectivity index (χ1v) is 11.4. The van der Waals surface area contributed by atoms with E-state index in [9.17, 15) is 18.3 Å². The highest BCUT2D eigenvalue weighted by molar-refractivity contribution is 7.90. The summed E-state index contributed by atoms with van der Waals surface area (Å²) in [6, 6.07) is 12.8. The molecule has 2 aromatic carbocycles. The van der Waals surface area contributed by atoms with Crippen LogP contribution in [0.5, 0.6) is 5.75 Å². The van der Waals surface area contributed by atoms with Crippen molar-refractivity contribution in [3.05, 3.63) is 70.1 Å². The zero-order valence-corrected chi connectivity index (χ0v) is 18.0. The Hall–Kier alpha value is -2.68. The molecule has 9 heteroatoms. The van der Waals surface area contributed by atoms with Gasteiger partial charge in [0.1, 0.15) is 0 Å². The van der Waals surface area contributed by atoms with Crippen molar-refractivity contribution >= 4 is 21.4 Å². The summed E-state index contributed by atoms with van der Waals surface area (Å²) in [7, 11) is -3.34. The van der Waals surface area contributed by atoms with Crippen LogP contribution in [-0.4, -0.2) is 42.8 Å². The average Bonchev–Trinajstić information content (AvgIpc) is 2.71. The second kappa shape index (κ2) is 8.99. The van der Waals surface area contributed by atoms with Crippen LogP contribution in [0, 0.1) is 5.92 Å². The molecule has 0 unspecified atom stereocenters. The van der Waals surface area contributed by atoms with Crippen LogP contribution in [0.3, 0.4) is 0 Å². The van der Waals surface area contributed by atoms with E-state index in [1.54, 1.807) is 43.3 Å². The molecule has 0 aliphatic carbocycles. The highest BCUT2D eigenvalue weighted by atomic mass is 35.5. The lowest BCUT2D eigenvalue weighted by molar-refractivity contribution is 0.173. The van der Waals surface area contributed by atoms with Crippen LogP contribution < -0.4 is 10.3 Å². The van der Waals surface area contributed by atoms with E-state index in [0.717, 1.165) is 6.26 Å². The molecule has 1 atom stereocenters. The molecule has 0 aliphatic rings. The van der Waals surface area contributed by atoms with Gasteiger partial charge in [0, 0.05) is 29.4 Å². The molecule has 158 valence electrons. The summed E-state index contributed by atoms with van der Waals surface area (Å²) >= 11 is 6.04. The highest BCUT2D eigenvalue weighted by Gasteiger charge is 2.18. The van der Waals surface area contributed by atoms with Crippen molar-refractivity contribution in [3.63, 3.8) is 0 Å². The minimum absolute atomic E-state index is 0.0531. The molecule has 0 saturated carbocycles. The molecule has 1 heterocycles. The summed E-state index contributed by atoms with van der Waals surface area (Å²) in [5.41, 5.74) is 0.985. The maximum atomic E-state index is 13.2. The average molecular weight is 449 g/mol. The Morgan fingerprint density at radius 1 is 1.20 bits per heavy atom. The fourth-order valence-electron chi connectivity index (χ4n) is 2.73. The smallest absolute Gasteiger partial charge is 0.314 e. The molecule has 3 rings (SSSR count). The summed E-state index contributed by atoms with van der Waals surface area (Å²) in [5, 5.41) is 14.0. The van der Waals surface area contributed by atoms with Crippen molar-refractivity contribution in [2.45, 2.75) is 11.8 Å². The van der Waals surface area contributed by atoms with Crippen LogP contribution in [0.2, 0.25) is 5.02 Å².